The van der Waals surface area contributed by atoms with Gasteiger partial charge in [-0.05, 0) is 55.7 Å². The molecule has 0 radical (unpaired) electrons. The van der Waals surface area contributed by atoms with Gasteiger partial charge in [0, 0.05) is 25.0 Å². The first kappa shape index (κ1) is 20.4. The number of carbonyl (C=O) groups is 1. The summed E-state index contributed by atoms with van der Waals surface area (Å²) in [5.74, 6) is 2.06. The van der Waals surface area contributed by atoms with E-state index in [1.165, 1.54) is 0 Å². The summed E-state index contributed by atoms with van der Waals surface area (Å²) in [6.07, 6.45) is 4.94. The molecule has 2 aromatic rings. The molecule has 0 N–H and O–H groups in total. The molecule has 1 aliphatic heterocycles. The number of benzene rings is 1. The molecule has 1 saturated heterocycles. The molecule has 7 heteroatoms. The number of hydrogen-bond acceptors (Lipinski definition) is 4. The van der Waals surface area contributed by atoms with Crippen LogP contribution in [-0.4, -0.2) is 48.1 Å². The van der Waals surface area contributed by atoms with Gasteiger partial charge in [0.2, 0.25) is 6.41 Å². The monoisotopic (exact) mass is 417 g/mol. The number of amides is 1. The van der Waals surface area contributed by atoms with Crippen LogP contribution in [0.25, 0.3) is 11.0 Å². The van der Waals surface area contributed by atoms with Gasteiger partial charge in [-0.3, -0.25) is 4.79 Å². The van der Waals surface area contributed by atoms with Gasteiger partial charge in [-0.25, -0.2) is 13.4 Å². The van der Waals surface area contributed by atoms with Crippen LogP contribution in [0.3, 0.4) is 0 Å². The lowest BCUT2D eigenvalue weighted by molar-refractivity contribution is -0.119. The SMILES string of the molecule is CC(C)(C)c1nc2cc(S(=O)(=O)CC3CC3)ccc2n1CC1CCN(C=O)CC1. The summed E-state index contributed by atoms with van der Waals surface area (Å²) in [7, 11) is -3.25. The van der Waals surface area contributed by atoms with Gasteiger partial charge in [-0.2, -0.15) is 0 Å². The highest BCUT2D eigenvalue weighted by Crippen LogP contribution is 2.34. The third kappa shape index (κ3) is 4.34. The van der Waals surface area contributed by atoms with E-state index in [-0.39, 0.29) is 11.2 Å². The van der Waals surface area contributed by atoms with Gasteiger partial charge in [-0.15, -0.1) is 0 Å². The summed E-state index contributed by atoms with van der Waals surface area (Å²) < 4.78 is 27.7. The topological polar surface area (TPSA) is 72.3 Å². The first-order valence-corrected chi connectivity index (χ1v) is 12.3. The normalized spacial score (nSPS) is 19.1. The van der Waals surface area contributed by atoms with E-state index in [2.05, 4.69) is 25.3 Å². The van der Waals surface area contributed by atoms with E-state index in [0.717, 1.165) is 68.6 Å². The van der Waals surface area contributed by atoms with Gasteiger partial charge in [-0.1, -0.05) is 20.8 Å². The molecule has 0 bridgehead atoms. The first-order chi connectivity index (χ1) is 13.7. The molecule has 1 aromatic carbocycles. The van der Waals surface area contributed by atoms with Gasteiger partial charge in [0.1, 0.15) is 5.82 Å². The molecule has 1 saturated carbocycles. The lowest BCUT2D eigenvalue weighted by Crippen LogP contribution is -2.34. The fourth-order valence-corrected chi connectivity index (χ4v) is 5.96. The summed E-state index contributed by atoms with van der Waals surface area (Å²) in [6, 6.07) is 5.44. The van der Waals surface area contributed by atoms with E-state index >= 15 is 0 Å². The van der Waals surface area contributed by atoms with E-state index in [0.29, 0.717) is 16.7 Å². The Hall–Kier alpha value is -1.89. The third-order valence-electron chi connectivity index (χ3n) is 6.14. The molecule has 1 aliphatic carbocycles. The second kappa shape index (κ2) is 7.42. The zero-order valence-electron chi connectivity index (χ0n) is 17.6. The Morgan fingerprint density at radius 2 is 1.79 bits per heavy atom. The van der Waals surface area contributed by atoms with Gasteiger partial charge in [0.25, 0.3) is 0 Å². The Morgan fingerprint density at radius 1 is 1.10 bits per heavy atom. The number of carbonyl (C=O) groups excluding carboxylic acids is 1. The Bertz CT molecular complexity index is 1010. The minimum Gasteiger partial charge on any atom is -0.345 e. The van der Waals surface area contributed by atoms with Crippen LogP contribution in [0.4, 0.5) is 0 Å². The average Bonchev–Trinajstić information content (AvgIpc) is 3.39. The average molecular weight is 418 g/mol. The van der Waals surface area contributed by atoms with Gasteiger partial charge in [0.15, 0.2) is 9.84 Å². The Balaban J connectivity index is 1.67. The van der Waals surface area contributed by atoms with Crippen molar-refractivity contribution in [3.8, 4) is 0 Å². The number of piperidine rings is 1. The molecule has 0 spiro atoms. The summed E-state index contributed by atoms with van der Waals surface area (Å²) in [6.45, 7) is 8.88. The van der Waals surface area contributed by atoms with Gasteiger partial charge in [0.05, 0.1) is 21.7 Å². The number of nitrogens with zero attached hydrogens (tertiary/aromatic N) is 3. The maximum Gasteiger partial charge on any atom is 0.209 e. The van der Waals surface area contributed by atoms with Crippen molar-refractivity contribution in [3.63, 3.8) is 0 Å². The standard InChI is InChI=1S/C22H31N3O3S/c1-22(2,3)21-23-19-12-18(29(27,28)14-17-4-5-17)6-7-20(19)25(21)13-16-8-10-24(15-26)11-9-16/h6-7,12,15-17H,4-5,8-11,13-14H2,1-3H3. The summed E-state index contributed by atoms with van der Waals surface area (Å²) in [5, 5.41) is 0. The highest BCUT2D eigenvalue weighted by Gasteiger charge is 2.30. The smallest absolute Gasteiger partial charge is 0.209 e. The molecule has 0 unspecified atom stereocenters. The van der Waals surface area contributed by atoms with E-state index in [9.17, 15) is 13.2 Å². The Kier molecular flexibility index (Phi) is 5.21. The van der Waals surface area contributed by atoms with E-state index in [1.807, 2.05) is 11.0 Å². The van der Waals surface area contributed by atoms with Crippen LogP contribution >= 0.6 is 0 Å². The lowest BCUT2D eigenvalue weighted by atomic mass is 9.93. The molecule has 2 fully saturated rings. The maximum atomic E-state index is 12.7. The summed E-state index contributed by atoms with van der Waals surface area (Å²) in [5.41, 5.74) is 1.62. The molecule has 0 atom stereocenters. The quantitative estimate of drug-likeness (QED) is 0.676. The van der Waals surface area contributed by atoms with Crippen molar-refractivity contribution in [3.05, 3.63) is 24.0 Å². The molecule has 158 valence electrons. The molecule has 1 aromatic heterocycles. The predicted molar refractivity (Wildman–Crippen MR) is 114 cm³/mol. The van der Waals surface area contributed by atoms with Crippen molar-refractivity contribution in [1.82, 2.24) is 14.5 Å². The van der Waals surface area contributed by atoms with Crippen LogP contribution in [0.1, 0.15) is 52.3 Å². The Labute approximate surface area is 173 Å². The number of rotatable bonds is 6. The number of hydrogen-bond donors (Lipinski definition) is 0. The number of likely N-dealkylation sites (tertiary alicyclic amines) is 1. The summed E-state index contributed by atoms with van der Waals surface area (Å²) >= 11 is 0. The predicted octanol–water partition coefficient (Wildman–Crippen LogP) is 3.39. The second-order valence-electron chi connectivity index (χ2n) is 9.76. The van der Waals surface area contributed by atoms with Gasteiger partial charge < -0.3 is 9.47 Å². The van der Waals surface area contributed by atoms with Crippen LogP contribution in [-0.2, 0) is 26.6 Å². The molecule has 29 heavy (non-hydrogen) atoms. The van der Waals surface area contributed by atoms with E-state index in [4.69, 9.17) is 4.98 Å². The molecule has 2 aliphatic rings. The fourth-order valence-electron chi connectivity index (χ4n) is 4.25. The van der Waals surface area contributed by atoms with Crippen molar-refractivity contribution in [2.24, 2.45) is 11.8 Å². The number of imidazole rings is 1. The third-order valence-corrected chi connectivity index (χ3v) is 8.02. The highest BCUT2D eigenvalue weighted by atomic mass is 32.2. The van der Waals surface area contributed by atoms with Crippen LogP contribution in [0.5, 0.6) is 0 Å². The number of fused-ring (bicyclic) bond motifs is 1. The van der Waals surface area contributed by atoms with Crippen molar-refractivity contribution >= 4 is 27.3 Å². The number of aromatic nitrogens is 2. The largest absolute Gasteiger partial charge is 0.345 e. The van der Waals surface area contributed by atoms with Crippen LogP contribution in [0.15, 0.2) is 23.1 Å². The maximum absolute atomic E-state index is 12.7. The zero-order chi connectivity index (χ0) is 20.8. The molecule has 4 rings (SSSR count). The second-order valence-corrected chi connectivity index (χ2v) is 11.8. The fraction of sp³-hybridized carbons (Fsp3) is 0.636. The molecule has 1 amide bonds. The Morgan fingerprint density at radius 3 is 2.38 bits per heavy atom. The zero-order valence-corrected chi connectivity index (χ0v) is 18.4. The molecular formula is C22H31N3O3S. The first-order valence-electron chi connectivity index (χ1n) is 10.6. The van der Waals surface area contributed by atoms with Crippen molar-refractivity contribution < 1.29 is 13.2 Å². The van der Waals surface area contributed by atoms with E-state index in [1.54, 1.807) is 12.1 Å². The number of sulfone groups is 1. The van der Waals surface area contributed by atoms with Crippen molar-refractivity contribution in [2.75, 3.05) is 18.8 Å². The summed E-state index contributed by atoms with van der Waals surface area (Å²) in [4.78, 5) is 18.1. The van der Waals surface area contributed by atoms with Crippen molar-refractivity contribution in [1.29, 1.82) is 0 Å². The van der Waals surface area contributed by atoms with Crippen LogP contribution < -0.4 is 0 Å². The molecule has 2 heterocycles. The van der Waals surface area contributed by atoms with E-state index < -0.39 is 9.84 Å². The lowest BCUT2D eigenvalue weighted by Gasteiger charge is -2.31. The van der Waals surface area contributed by atoms with Crippen LogP contribution in [0, 0.1) is 11.8 Å². The van der Waals surface area contributed by atoms with Crippen LogP contribution in [0.2, 0.25) is 0 Å². The molecular weight excluding hydrogens is 386 g/mol. The minimum atomic E-state index is -3.25. The van der Waals surface area contributed by atoms with Gasteiger partial charge >= 0.3 is 0 Å². The highest BCUT2D eigenvalue weighted by molar-refractivity contribution is 7.91. The molecule has 6 nitrogen and oxygen atoms in total. The minimum absolute atomic E-state index is 0.143. The van der Waals surface area contributed by atoms with Crippen molar-refractivity contribution in [2.45, 2.75) is 63.3 Å².